The second-order valence-corrected chi connectivity index (χ2v) is 15.7. The number of urea groups is 1. The molecule has 0 radical (unpaired) electrons. The Morgan fingerprint density at radius 3 is 2.45 bits per heavy atom. The first-order chi connectivity index (χ1) is 28.3. The highest BCUT2D eigenvalue weighted by atomic mass is 35.5. The number of nitrogens with zero attached hydrogens (tertiary/aromatic N) is 4. The molecule has 2 aromatic carbocycles. The number of hydrogen-bond acceptors (Lipinski definition) is 13. The van der Waals surface area contributed by atoms with Crippen LogP contribution in [0.15, 0.2) is 67.4 Å². The van der Waals surface area contributed by atoms with Crippen molar-refractivity contribution in [2.75, 3.05) is 99.1 Å². The number of thioether (sulfide) groups is 1. The minimum Gasteiger partial charge on any atom is -0.378 e. The second kappa shape index (κ2) is 22.5. The van der Waals surface area contributed by atoms with E-state index in [-0.39, 0.29) is 36.7 Å². The summed E-state index contributed by atoms with van der Waals surface area (Å²) < 4.78 is 16.9. The Morgan fingerprint density at radius 1 is 0.931 bits per heavy atom. The Balaban J connectivity index is 0.770. The zero-order chi connectivity index (χ0) is 40.5. The van der Waals surface area contributed by atoms with E-state index in [4.69, 9.17) is 25.8 Å². The summed E-state index contributed by atoms with van der Waals surface area (Å²) in [6.07, 6.45) is 5.97. The van der Waals surface area contributed by atoms with Crippen molar-refractivity contribution in [1.82, 2.24) is 30.8 Å². The third-order valence-electron chi connectivity index (χ3n) is 9.98. The van der Waals surface area contributed by atoms with Crippen LogP contribution in [0.1, 0.15) is 25.7 Å². The lowest BCUT2D eigenvalue weighted by atomic mass is 10.0. The van der Waals surface area contributed by atoms with E-state index in [9.17, 15) is 14.4 Å². The number of benzene rings is 2. The van der Waals surface area contributed by atoms with E-state index < -0.39 is 0 Å². The van der Waals surface area contributed by atoms with E-state index in [1.54, 1.807) is 6.07 Å². The molecule has 312 valence electrons. The van der Waals surface area contributed by atoms with Gasteiger partial charge >= 0.3 is 6.03 Å². The molecule has 0 bridgehead atoms. The minimum absolute atomic E-state index is 0.0141. The largest absolute Gasteiger partial charge is 0.378 e. The molecule has 3 aliphatic heterocycles. The third kappa shape index (κ3) is 13.2. The summed E-state index contributed by atoms with van der Waals surface area (Å²) in [6.45, 7) is 10.8. The molecule has 0 spiro atoms. The summed E-state index contributed by atoms with van der Waals surface area (Å²) >= 11 is 8.30. The number of halogens is 1. The molecule has 16 nitrogen and oxygen atoms in total. The van der Waals surface area contributed by atoms with Crippen molar-refractivity contribution in [2.24, 2.45) is 0 Å². The Kier molecular flexibility index (Phi) is 16.6. The number of fused-ring (bicyclic) bond motifs is 1. The normalized spacial score (nSPS) is 18.9. The predicted octanol–water partition coefficient (Wildman–Crippen LogP) is 4.71. The van der Waals surface area contributed by atoms with Crippen LogP contribution in [0.25, 0.3) is 0 Å². The average molecular weight is 837 g/mol. The number of ether oxygens (including phenoxy) is 3. The highest BCUT2D eigenvalue weighted by molar-refractivity contribution is 8.00. The van der Waals surface area contributed by atoms with Crippen molar-refractivity contribution >= 4 is 75.7 Å². The number of para-hydroxylation sites is 2. The molecular weight excluding hydrogens is 784 g/mol. The van der Waals surface area contributed by atoms with Crippen molar-refractivity contribution < 1.29 is 28.6 Å². The summed E-state index contributed by atoms with van der Waals surface area (Å²) in [4.78, 5) is 49.1. The van der Waals surface area contributed by atoms with Crippen LogP contribution in [-0.2, 0) is 23.8 Å². The number of piperazine rings is 1. The molecule has 3 fully saturated rings. The van der Waals surface area contributed by atoms with Crippen LogP contribution in [0.5, 0.6) is 0 Å². The van der Waals surface area contributed by atoms with Crippen LogP contribution in [0, 0.1) is 0 Å². The third-order valence-corrected chi connectivity index (χ3v) is 11.8. The van der Waals surface area contributed by atoms with E-state index >= 15 is 0 Å². The molecule has 18 heteroatoms. The highest BCUT2D eigenvalue weighted by Crippen LogP contribution is 2.33. The van der Waals surface area contributed by atoms with E-state index in [1.165, 1.54) is 12.3 Å². The fraction of sp³-hybridized carbons (Fsp3) is 0.475. The van der Waals surface area contributed by atoms with Crippen molar-refractivity contribution in [3.63, 3.8) is 0 Å². The molecule has 4 heterocycles. The molecule has 1 aromatic heterocycles. The van der Waals surface area contributed by atoms with Gasteiger partial charge in [0.2, 0.25) is 17.8 Å². The molecule has 3 atom stereocenters. The molecule has 0 aliphatic carbocycles. The smallest absolute Gasteiger partial charge is 0.315 e. The predicted molar refractivity (Wildman–Crippen MR) is 229 cm³/mol. The van der Waals surface area contributed by atoms with Gasteiger partial charge in [0.1, 0.15) is 11.8 Å². The topological polar surface area (TPSA) is 183 Å². The minimum atomic E-state index is -0.323. The van der Waals surface area contributed by atoms with Gasteiger partial charge in [-0.1, -0.05) is 36.7 Å². The van der Waals surface area contributed by atoms with Gasteiger partial charge in [-0.3, -0.25) is 14.5 Å². The van der Waals surface area contributed by atoms with Crippen LogP contribution in [0.3, 0.4) is 0 Å². The van der Waals surface area contributed by atoms with Gasteiger partial charge in [0.15, 0.2) is 5.82 Å². The lowest BCUT2D eigenvalue weighted by Crippen LogP contribution is -2.47. The lowest BCUT2D eigenvalue weighted by molar-refractivity contribution is -0.123. The van der Waals surface area contributed by atoms with E-state index in [0.29, 0.717) is 72.9 Å². The zero-order valence-electron chi connectivity index (χ0n) is 32.6. The van der Waals surface area contributed by atoms with Crippen LogP contribution in [0.2, 0.25) is 5.02 Å². The van der Waals surface area contributed by atoms with Crippen molar-refractivity contribution in [2.45, 2.75) is 43.0 Å². The zero-order valence-corrected chi connectivity index (χ0v) is 34.1. The number of rotatable bonds is 23. The molecule has 3 aromatic rings. The first-order valence-electron chi connectivity index (χ1n) is 19.7. The quantitative estimate of drug-likeness (QED) is 0.0335. The first kappa shape index (κ1) is 42.9. The van der Waals surface area contributed by atoms with Crippen LogP contribution >= 0.6 is 23.4 Å². The van der Waals surface area contributed by atoms with Gasteiger partial charge in [-0.05, 0) is 55.3 Å². The number of carbonyl (C=O) groups excluding carboxylic acids is 3. The molecule has 6 N–H and O–H groups in total. The van der Waals surface area contributed by atoms with Crippen molar-refractivity contribution in [3.05, 3.63) is 72.4 Å². The fourth-order valence-electron chi connectivity index (χ4n) is 6.84. The SMILES string of the molecule is C=CC(=O)Nc1ccccc1Nc1nc(Nc2ccc(N3CCN(CCOCCOCCOCNC(=O)CCCC[C@@H]4SC[C@@H]5NC(=O)N[C@@H]54)CC3)cc2)ncc1Cl. The number of aromatic nitrogens is 2. The first-order valence-corrected chi connectivity index (χ1v) is 21.1. The van der Waals surface area contributed by atoms with Gasteiger partial charge in [-0.25, -0.2) is 9.78 Å². The number of hydrogen-bond donors (Lipinski definition) is 6. The van der Waals surface area contributed by atoms with Crippen molar-refractivity contribution in [3.8, 4) is 0 Å². The average Bonchev–Trinajstić information content (AvgIpc) is 3.79. The maximum Gasteiger partial charge on any atom is 0.315 e. The molecule has 0 unspecified atom stereocenters. The van der Waals surface area contributed by atoms with Gasteiger partial charge in [-0.15, -0.1) is 0 Å². The van der Waals surface area contributed by atoms with Crippen LogP contribution < -0.4 is 36.8 Å². The van der Waals surface area contributed by atoms with E-state index in [2.05, 4.69) is 70.4 Å². The lowest BCUT2D eigenvalue weighted by Gasteiger charge is -2.36. The summed E-state index contributed by atoms with van der Waals surface area (Å²) in [5.74, 6) is 1.38. The van der Waals surface area contributed by atoms with Crippen molar-refractivity contribution in [1.29, 1.82) is 0 Å². The van der Waals surface area contributed by atoms with E-state index in [1.807, 2.05) is 42.1 Å². The molecule has 4 amide bonds. The highest BCUT2D eigenvalue weighted by Gasteiger charge is 2.42. The molecular formula is C40H53ClN10O6S. The Bertz CT molecular complexity index is 1820. The van der Waals surface area contributed by atoms with Crippen LogP contribution in [-0.4, -0.2) is 128 Å². The Hall–Kier alpha value is -4.65. The molecule has 58 heavy (non-hydrogen) atoms. The standard InChI is InChI=1S/C40H53ClN10O6S/c1-2-35(52)45-31-7-3-4-8-32(31)46-38-30(41)25-42-39(49-38)44-28-11-13-29(14-12-28)51-17-15-50(16-18-51)19-20-55-21-22-56-23-24-57-27-43-36(53)10-6-5-9-34-37-33(26-58-34)47-40(54)48-37/h2-4,7-8,11-14,25,33-34,37H,1,5-6,9-10,15-24,26-27H2,(H,43,53)(H,45,52)(H2,47,48,54)(H2,42,44,46,49)/t33-,34-,37-/m0/s1. The monoisotopic (exact) mass is 836 g/mol. The molecule has 6 rings (SSSR count). The summed E-state index contributed by atoms with van der Waals surface area (Å²) in [7, 11) is 0. The number of unbranched alkanes of at least 4 members (excludes halogenated alkanes) is 1. The fourth-order valence-corrected chi connectivity index (χ4v) is 8.52. The maximum absolute atomic E-state index is 12.1. The molecule has 0 saturated carbocycles. The van der Waals surface area contributed by atoms with Crippen LogP contribution in [0.4, 0.5) is 39.3 Å². The summed E-state index contributed by atoms with van der Waals surface area (Å²) in [5.41, 5.74) is 3.17. The second-order valence-electron chi connectivity index (χ2n) is 14.0. The van der Waals surface area contributed by atoms with Gasteiger partial charge in [-0.2, -0.15) is 16.7 Å². The van der Waals surface area contributed by atoms with Gasteiger partial charge in [0, 0.05) is 61.5 Å². The van der Waals surface area contributed by atoms with Gasteiger partial charge in [0.05, 0.1) is 62.7 Å². The maximum atomic E-state index is 12.1. The summed E-state index contributed by atoms with van der Waals surface area (Å²) in [5, 5.41) is 18.7. The van der Waals surface area contributed by atoms with Gasteiger partial charge < -0.3 is 51.0 Å². The Morgan fingerprint density at radius 2 is 1.67 bits per heavy atom. The van der Waals surface area contributed by atoms with E-state index in [0.717, 1.165) is 69.1 Å². The molecule has 3 aliphatic rings. The number of carbonyl (C=O) groups is 3. The number of anilines is 6. The number of amides is 4. The Labute approximate surface area is 348 Å². The molecule has 3 saturated heterocycles. The van der Waals surface area contributed by atoms with Gasteiger partial charge in [0.25, 0.3) is 0 Å². The number of nitrogens with one attached hydrogen (secondary N) is 6. The summed E-state index contributed by atoms with van der Waals surface area (Å²) in [6, 6.07) is 15.8.